The Morgan fingerprint density at radius 2 is 1.95 bits per heavy atom. The Bertz CT molecular complexity index is 692. The van der Waals surface area contributed by atoms with Crippen LogP contribution in [0, 0.1) is 0 Å². The first-order chi connectivity index (χ1) is 10.3. The van der Waals surface area contributed by atoms with Crippen molar-refractivity contribution in [3.8, 4) is 5.75 Å². The topological polar surface area (TPSA) is 63.0 Å². The fourth-order valence-corrected chi connectivity index (χ4v) is 2.02. The number of phenols is 1. The summed E-state index contributed by atoms with van der Waals surface area (Å²) in [4.78, 5) is 4.28. The molecule has 0 spiro atoms. The van der Waals surface area contributed by atoms with E-state index in [2.05, 4.69) is 15.4 Å². The first kappa shape index (κ1) is 13.2. The Morgan fingerprint density at radius 3 is 2.71 bits per heavy atom. The zero-order valence-corrected chi connectivity index (χ0v) is 11.5. The van der Waals surface area contributed by atoms with Crippen molar-refractivity contribution in [2.75, 3.05) is 5.32 Å². The van der Waals surface area contributed by atoms with Crippen LogP contribution in [-0.2, 0) is 13.1 Å². The summed E-state index contributed by atoms with van der Waals surface area (Å²) in [6.45, 7) is 1.34. The van der Waals surface area contributed by atoms with Crippen molar-refractivity contribution in [1.29, 1.82) is 0 Å². The van der Waals surface area contributed by atoms with Gasteiger partial charge in [-0.2, -0.15) is 5.10 Å². The van der Waals surface area contributed by atoms with Crippen molar-refractivity contribution in [3.05, 3.63) is 72.3 Å². The van der Waals surface area contributed by atoms with Gasteiger partial charge in [0.15, 0.2) is 0 Å². The molecule has 0 aliphatic rings. The molecule has 0 fully saturated rings. The number of aromatic nitrogens is 3. The number of hydrogen-bond acceptors (Lipinski definition) is 4. The molecule has 2 N–H and O–H groups in total. The summed E-state index contributed by atoms with van der Waals surface area (Å²) >= 11 is 0. The van der Waals surface area contributed by atoms with E-state index in [-0.39, 0.29) is 5.75 Å². The second kappa shape index (κ2) is 6.09. The predicted octanol–water partition coefficient (Wildman–Crippen LogP) is 2.64. The van der Waals surface area contributed by atoms with Crippen molar-refractivity contribution in [3.63, 3.8) is 0 Å². The van der Waals surface area contributed by atoms with Crippen LogP contribution in [0.2, 0.25) is 0 Å². The number of aromatic hydroxyl groups is 1. The molecule has 0 atom stereocenters. The first-order valence-corrected chi connectivity index (χ1v) is 6.74. The molecule has 0 amide bonds. The minimum Gasteiger partial charge on any atom is -0.508 e. The van der Waals surface area contributed by atoms with E-state index in [1.807, 2.05) is 41.2 Å². The van der Waals surface area contributed by atoms with E-state index >= 15 is 0 Å². The minimum atomic E-state index is 0.280. The molecule has 5 heteroatoms. The van der Waals surface area contributed by atoms with E-state index in [1.54, 1.807) is 24.5 Å². The highest BCUT2D eigenvalue weighted by molar-refractivity contribution is 5.39. The van der Waals surface area contributed by atoms with Crippen LogP contribution in [0.1, 0.15) is 11.3 Å². The second-order valence-corrected chi connectivity index (χ2v) is 4.77. The molecule has 0 bridgehead atoms. The van der Waals surface area contributed by atoms with E-state index in [0.29, 0.717) is 13.1 Å². The van der Waals surface area contributed by atoms with E-state index in [9.17, 15) is 5.11 Å². The molecule has 21 heavy (non-hydrogen) atoms. The summed E-state index contributed by atoms with van der Waals surface area (Å²) in [7, 11) is 0. The number of nitrogens with zero attached hydrogens (tertiary/aromatic N) is 3. The number of phenolic OH excluding ortho intramolecular Hbond substituents is 1. The van der Waals surface area contributed by atoms with Crippen molar-refractivity contribution in [2.24, 2.45) is 0 Å². The second-order valence-electron chi connectivity index (χ2n) is 4.77. The van der Waals surface area contributed by atoms with Crippen molar-refractivity contribution in [1.82, 2.24) is 14.8 Å². The van der Waals surface area contributed by atoms with Crippen LogP contribution >= 0.6 is 0 Å². The SMILES string of the molecule is Oc1ccc(CNc2cnn(Cc3ccccn3)c2)cc1. The molecule has 0 saturated carbocycles. The lowest BCUT2D eigenvalue weighted by Crippen LogP contribution is -2.02. The Hall–Kier alpha value is -2.82. The van der Waals surface area contributed by atoms with Gasteiger partial charge in [-0.3, -0.25) is 9.67 Å². The molecule has 0 aliphatic heterocycles. The molecule has 0 radical (unpaired) electrons. The average molecular weight is 280 g/mol. The molecule has 0 aliphatic carbocycles. The first-order valence-electron chi connectivity index (χ1n) is 6.74. The average Bonchev–Trinajstić information content (AvgIpc) is 2.95. The lowest BCUT2D eigenvalue weighted by Gasteiger charge is -2.04. The van der Waals surface area contributed by atoms with Gasteiger partial charge in [-0.1, -0.05) is 18.2 Å². The lowest BCUT2D eigenvalue weighted by atomic mass is 10.2. The van der Waals surface area contributed by atoms with Crippen LogP contribution in [-0.4, -0.2) is 19.9 Å². The lowest BCUT2D eigenvalue weighted by molar-refractivity contribution is 0.475. The number of anilines is 1. The molecule has 106 valence electrons. The fourth-order valence-electron chi connectivity index (χ4n) is 2.02. The van der Waals surface area contributed by atoms with E-state index in [1.165, 1.54) is 0 Å². The summed E-state index contributed by atoms with van der Waals surface area (Å²) in [5.74, 6) is 0.280. The highest BCUT2D eigenvalue weighted by atomic mass is 16.3. The molecule has 1 aromatic carbocycles. The Kier molecular flexibility index (Phi) is 3.82. The monoisotopic (exact) mass is 280 g/mol. The van der Waals surface area contributed by atoms with Crippen molar-refractivity contribution < 1.29 is 5.11 Å². The zero-order chi connectivity index (χ0) is 14.5. The number of hydrogen-bond donors (Lipinski definition) is 2. The third-order valence-corrected chi connectivity index (χ3v) is 3.12. The van der Waals surface area contributed by atoms with Gasteiger partial charge in [-0.25, -0.2) is 0 Å². The summed E-state index contributed by atoms with van der Waals surface area (Å²) in [6.07, 6.45) is 5.53. The van der Waals surface area contributed by atoms with Gasteiger partial charge in [0.25, 0.3) is 0 Å². The molecule has 3 aromatic rings. The normalized spacial score (nSPS) is 10.5. The minimum absolute atomic E-state index is 0.280. The Balaban J connectivity index is 1.59. The third kappa shape index (κ3) is 3.60. The van der Waals surface area contributed by atoms with Crippen molar-refractivity contribution >= 4 is 5.69 Å². The van der Waals surface area contributed by atoms with Gasteiger partial charge in [0.05, 0.1) is 24.1 Å². The molecule has 0 unspecified atom stereocenters. The van der Waals surface area contributed by atoms with Crippen LogP contribution in [0.5, 0.6) is 5.75 Å². The number of nitrogens with one attached hydrogen (secondary N) is 1. The van der Waals surface area contributed by atoms with Gasteiger partial charge >= 0.3 is 0 Å². The van der Waals surface area contributed by atoms with Gasteiger partial charge in [-0.05, 0) is 29.8 Å². The highest BCUT2D eigenvalue weighted by Gasteiger charge is 2.00. The molecule has 2 aromatic heterocycles. The molecule has 5 nitrogen and oxygen atoms in total. The summed E-state index contributed by atoms with van der Waals surface area (Å²) < 4.78 is 1.85. The Labute approximate surface area is 122 Å². The number of pyridine rings is 1. The molecular weight excluding hydrogens is 264 g/mol. The van der Waals surface area contributed by atoms with Crippen LogP contribution in [0.15, 0.2) is 61.1 Å². The maximum absolute atomic E-state index is 9.25. The van der Waals surface area contributed by atoms with Gasteiger partial charge in [0.1, 0.15) is 5.75 Å². The molecule has 3 rings (SSSR count). The predicted molar refractivity (Wildman–Crippen MR) is 81.0 cm³/mol. The standard InChI is InChI=1S/C16H16N4O/c21-16-6-4-13(5-7-16)9-18-15-10-19-20(12-15)11-14-3-1-2-8-17-14/h1-8,10,12,18,21H,9,11H2. The highest BCUT2D eigenvalue weighted by Crippen LogP contribution is 2.12. The molecule has 0 saturated heterocycles. The van der Waals surface area contributed by atoms with Crippen LogP contribution in [0.25, 0.3) is 0 Å². The largest absolute Gasteiger partial charge is 0.508 e. The Morgan fingerprint density at radius 1 is 1.10 bits per heavy atom. The van der Waals surface area contributed by atoms with Crippen molar-refractivity contribution in [2.45, 2.75) is 13.1 Å². The van der Waals surface area contributed by atoms with Gasteiger partial charge in [-0.15, -0.1) is 0 Å². The van der Waals surface area contributed by atoms with Gasteiger partial charge in [0, 0.05) is 18.9 Å². The smallest absolute Gasteiger partial charge is 0.115 e. The summed E-state index contributed by atoms with van der Waals surface area (Å²) in [5, 5.41) is 16.9. The maximum atomic E-state index is 9.25. The van der Waals surface area contributed by atoms with E-state index in [4.69, 9.17) is 0 Å². The van der Waals surface area contributed by atoms with Gasteiger partial charge in [0.2, 0.25) is 0 Å². The number of benzene rings is 1. The third-order valence-electron chi connectivity index (χ3n) is 3.12. The van der Waals surface area contributed by atoms with Crippen LogP contribution in [0.4, 0.5) is 5.69 Å². The molecule has 2 heterocycles. The van der Waals surface area contributed by atoms with E-state index in [0.717, 1.165) is 16.9 Å². The maximum Gasteiger partial charge on any atom is 0.115 e. The van der Waals surface area contributed by atoms with Gasteiger partial charge < -0.3 is 10.4 Å². The summed E-state index contributed by atoms with van der Waals surface area (Å²) in [6, 6.07) is 13.0. The van der Waals surface area contributed by atoms with Crippen LogP contribution in [0.3, 0.4) is 0 Å². The fraction of sp³-hybridized carbons (Fsp3) is 0.125. The molecular formula is C16H16N4O. The quantitative estimate of drug-likeness (QED) is 0.754. The number of rotatable bonds is 5. The van der Waals surface area contributed by atoms with Crippen LogP contribution < -0.4 is 5.32 Å². The summed E-state index contributed by atoms with van der Waals surface area (Å²) in [5.41, 5.74) is 3.04. The van der Waals surface area contributed by atoms with E-state index < -0.39 is 0 Å². The zero-order valence-electron chi connectivity index (χ0n) is 11.5.